The predicted octanol–water partition coefficient (Wildman–Crippen LogP) is 4.08. The topological polar surface area (TPSA) is 143 Å². The van der Waals surface area contributed by atoms with E-state index >= 15 is 0 Å². The van der Waals surface area contributed by atoms with E-state index in [1.54, 1.807) is 6.92 Å². The van der Waals surface area contributed by atoms with Crippen LogP contribution < -0.4 is 5.32 Å². The Morgan fingerprint density at radius 1 is 1.08 bits per heavy atom. The zero-order chi connectivity index (χ0) is 26.6. The molecule has 0 aliphatic heterocycles. The first kappa shape index (κ1) is 26.5. The molecule has 0 fully saturated rings. The van der Waals surface area contributed by atoms with Crippen molar-refractivity contribution < 1.29 is 42.6 Å². The molecular formula is C24H23ClN2O9. The fraction of sp³-hybridized carbons (Fsp3) is 0.292. The van der Waals surface area contributed by atoms with Crippen LogP contribution in [0, 0.1) is 0 Å². The molecule has 0 aliphatic carbocycles. The van der Waals surface area contributed by atoms with Gasteiger partial charge in [-0.3, -0.25) is 19.2 Å². The van der Waals surface area contributed by atoms with Crippen LogP contribution in [0.2, 0.25) is 5.02 Å². The number of rotatable bonds is 8. The lowest BCUT2D eigenvalue weighted by atomic mass is 10.1. The first-order valence-corrected chi connectivity index (χ1v) is 11.2. The number of nitrogens with zero attached hydrogens (tertiary/aromatic N) is 1. The van der Waals surface area contributed by atoms with Gasteiger partial charge in [0.25, 0.3) is 5.91 Å². The van der Waals surface area contributed by atoms with Crippen molar-refractivity contribution in [2.24, 2.45) is 0 Å². The number of amides is 1. The second-order valence-corrected chi connectivity index (χ2v) is 8.03. The van der Waals surface area contributed by atoms with Crippen molar-refractivity contribution in [3.63, 3.8) is 0 Å². The summed E-state index contributed by atoms with van der Waals surface area (Å²) in [6.07, 6.45) is -0.864. The van der Waals surface area contributed by atoms with Crippen molar-refractivity contribution in [3.05, 3.63) is 52.6 Å². The van der Waals surface area contributed by atoms with Gasteiger partial charge in [-0.15, -0.1) is 0 Å². The molecule has 12 heteroatoms. The third-order valence-electron chi connectivity index (χ3n) is 4.88. The molecule has 3 rings (SSSR count). The minimum atomic E-state index is -1.20. The average Bonchev–Trinajstić information content (AvgIpc) is 3.39. The van der Waals surface area contributed by atoms with E-state index in [1.165, 1.54) is 44.4 Å². The Morgan fingerprint density at radius 3 is 2.44 bits per heavy atom. The normalized spacial score (nSPS) is 11.6. The monoisotopic (exact) mass is 518 g/mol. The minimum Gasteiger partial charge on any atom is -0.461 e. The van der Waals surface area contributed by atoms with Gasteiger partial charge in [0.2, 0.25) is 5.78 Å². The van der Waals surface area contributed by atoms with Gasteiger partial charge in [0.1, 0.15) is 12.3 Å². The van der Waals surface area contributed by atoms with E-state index in [0.29, 0.717) is 10.9 Å². The molecule has 0 saturated heterocycles. The molecule has 2 heterocycles. The van der Waals surface area contributed by atoms with Gasteiger partial charge in [0.05, 0.1) is 24.1 Å². The van der Waals surface area contributed by atoms with Crippen molar-refractivity contribution in [1.29, 1.82) is 0 Å². The summed E-state index contributed by atoms with van der Waals surface area (Å²) in [7, 11) is 0. The summed E-state index contributed by atoms with van der Waals surface area (Å²) in [6.45, 7) is 5.21. The van der Waals surface area contributed by atoms with E-state index in [1.807, 2.05) is 0 Å². The smallest absolute Gasteiger partial charge is 0.419 e. The van der Waals surface area contributed by atoms with Crippen LogP contribution in [0.4, 0.5) is 10.5 Å². The van der Waals surface area contributed by atoms with Crippen molar-refractivity contribution in [1.82, 2.24) is 4.57 Å². The number of aromatic nitrogens is 1. The van der Waals surface area contributed by atoms with E-state index in [9.17, 15) is 24.0 Å². The molecule has 3 aromatic rings. The molecule has 0 spiro atoms. The number of hydrogen-bond acceptors (Lipinski definition) is 9. The summed E-state index contributed by atoms with van der Waals surface area (Å²) >= 11 is 6.15. The number of halogens is 1. The standard InChI is InChI=1S/C24H23ClN2O9/c1-5-33-24(32)27-18-9-16(25)6-7-17(18)20(26-23(31)12(2)36-14(4)29)21(27)22(30)19-8-15(11-35-19)10-34-13(3)28/h6-9,11-12H,5,10H2,1-4H3,(H,26,31). The molecular weight excluding hydrogens is 496 g/mol. The predicted molar refractivity (Wildman–Crippen MR) is 127 cm³/mol. The Bertz CT molecular complexity index is 1360. The Balaban J connectivity index is 2.18. The van der Waals surface area contributed by atoms with Gasteiger partial charge in [0, 0.05) is 29.8 Å². The number of benzene rings is 1. The number of esters is 2. The number of fused-ring (bicyclic) bond motifs is 1. The number of nitrogens with one attached hydrogen (secondary N) is 1. The van der Waals surface area contributed by atoms with Crippen LogP contribution in [-0.4, -0.2) is 47.0 Å². The molecule has 0 saturated carbocycles. The lowest BCUT2D eigenvalue weighted by Gasteiger charge is -2.13. The van der Waals surface area contributed by atoms with Crippen molar-refractivity contribution >= 4 is 57.9 Å². The maximum atomic E-state index is 13.6. The molecule has 1 aromatic carbocycles. The number of carbonyl (C=O) groups is 5. The summed E-state index contributed by atoms with van der Waals surface area (Å²) in [5.74, 6) is -2.91. The molecule has 11 nitrogen and oxygen atoms in total. The maximum Gasteiger partial charge on any atom is 0.419 e. The Hall–Kier alpha value is -4.12. The second-order valence-electron chi connectivity index (χ2n) is 7.59. The molecule has 190 valence electrons. The van der Waals surface area contributed by atoms with Gasteiger partial charge in [0.15, 0.2) is 11.9 Å². The van der Waals surface area contributed by atoms with Crippen molar-refractivity contribution in [3.8, 4) is 0 Å². The number of furan rings is 1. The zero-order valence-electron chi connectivity index (χ0n) is 19.9. The van der Waals surface area contributed by atoms with Crippen molar-refractivity contribution in [2.45, 2.75) is 40.4 Å². The summed E-state index contributed by atoms with van der Waals surface area (Å²) < 4.78 is 21.3. The van der Waals surface area contributed by atoms with E-state index in [4.69, 9.17) is 30.2 Å². The highest BCUT2D eigenvalue weighted by molar-refractivity contribution is 6.32. The van der Waals surface area contributed by atoms with Crippen LogP contribution in [-0.2, 0) is 35.2 Å². The van der Waals surface area contributed by atoms with Gasteiger partial charge < -0.3 is 23.9 Å². The highest BCUT2D eigenvalue weighted by Gasteiger charge is 2.31. The lowest BCUT2D eigenvalue weighted by Crippen LogP contribution is -2.30. The number of ketones is 1. The molecule has 1 N–H and O–H groups in total. The fourth-order valence-electron chi connectivity index (χ4n) is 3.38. The van der Waals surface area contributed by atoms with Gasteiger partial charge in [-0.1, -0.05) is 11.6 Å². The highest BCUT2D eigenvalue weighted by Crippen LogP contribution is 2.35. The Morgan fingerprint density at radius 2 is 1.81 bits per heavy atom. The summed E-state index contributed by atoms with van der Waals surface area (Å²) in [5.41, 5.74) is 0.264. The van der Waals surface area contributed by atoms with Gasteiger partial charge in [-0.25, -0.2) is 9.36 Å². The quantitative estimate of drug-likeness (QED) is 0.265. The largest absolute Gasteiger partial charge is 0.461 e. The van der Waals surface area contributed by atoms with Crippen LogP contribution in [0.3, 0.4) is 0 Å². The minimum absolute atomic E-state index is 0.00513. The van der Waals surface area contributed by atoms with E-state index in [2.05, 4.69) is 5.32 Å². The first-order valence-electron chi connectivity index (χ1n) is 10.8. The molecule has 0 bridgehead atoms. The summed E-state index contributed by atoms with van der Waals surface area (Å²) in [4.78, 5) is 61.8. The van der Waals surface area contributed by atoms with Crippen LogP contribution >= 0.6 is 11.6 Å². The lowest BCUT2D eigenvalue weighted by molar-refractivity contribution is -0.150. The van der Waals surface area contributed by atoms with Gasteiger partial charge in [-0.05, 0) is 38.1 Å². The number of anilines is 1. The van der Waals surface area contributed by atoms with Crippen LogP contribution in [0.25, 0.3) is 10.9 Å². The van der Waals surface area contributed by atoms with Crippen LogP contribution in [0.5, 0.6) is 0 Å². The molecule has 0 radical (unpaired) electrons. The van der Waals surface area contributed by atoms with Crippen LogP contribution in [0.1, 0.15) is 49.5 Å². The number of ether oxygens (including phenoxy) is 3. The third-order valence-corrected chi connectivity index (χ3v) is 5.11. The van der Waals surface area contributed by atoms with E-state index in [-0.39, 0.29) is 40.9 Å². The van der Waals surface area contributed by atoms with E-state index in [0.717, 1.165) is 11.5 Å². The maximum absolute atomic E-state index is 13.6. The molecule has 1 amide bonds. The third kappa shape index (κ3) is 5.74. The Labute approximate surface area is 210 Å². The average molecular weight is 519 g/mol. The van der Waals surface area contributed by atoms with Gasteiger partial charge in [-0.2, -0.15) is 0 Å². The molecule has 2 aromatic heterocycles. The second kappa shape index (κ2) is 11.1. The molecule has 1 unspecified atom stereocenters. The molecule has 0 aliphatic rings. The summed E-state index contributed by atoms with van der Waals surface area (Å²) in [6, 6.07) is 5.82. The van der Waals surface area contributed by atoms with Gasteiger partial charge >= 0.3 is 18.0 Å². The summed E-state index contributed by atoms with van der Waals surface area (Å²) in [5, 5.41) is 3.13. The molecule has 1 atom stereocenters. The Kier molecular flexibility index (Phi) is 8.15. The zero-order valence-corrected chi connectivity index (χ0v) is 20.6. The molecule has 36 heavy (non-hydrogen) atoms. The van der Waals surface area contributed by atoms with E-state index < -0.39 is 35.8 Å². The van der Waals surface area contributed by atoms with Crippen LogP contribution in [0.15, 0.2) is 34.9 Å². The first-order chi connectivity index (χ1) is 17.0. The number of carbonyl (C=O) groups excluding carboxylic acids is 5. The number of hydrogen-bond donors (Lipinski definition) is 1. The fourth-order valence-corrected chi connectivity index (χ4v) is 3.55. The SMILES string of the molecule is CCOC(=O)n1c(C(=O)c2cc(COC(C)=O)co2)c(NC(=O)C(C)OC(C)=O)c2ccc(Cl)cc21. The van der Waals surface area contributed by atoms with Crippen molar-refractivity contribution in [2.75, 3.05) is 11.9 Å². The highest BCUT2D eigenvalue weighted by atomic mass is 35.5.